The topological polar surface area (TPSA) is 51.1 Å². The van der Waals surface area contributed by atoms with Crippen LogP contribution in [0.15, 0.2) is 60.1 Å². The Morgan fingerprint density at radius 2 is 2.14 bits per heavy atom. The van der Waals surface area contributed by atoms with Crippen LogP contribution in [0, 0.1) is 17.2 Å². The highest BCUT2D eigenvalue weighted by Crippen LogP contribution is 2.45. The Morgan fingerprint density at radius 1 is 1.24 bits per heavy atom. The highest BCUT2D eigenvalue weighted by atomic mass is 15.2. The van der Waals surface area contributed by atoms with E-state index in [4.69, 9.17) is 0 Å². The van der Waals surface area contributed by atoms with Crippen LogP contribution in [-0.4, -0.2) is 18.1 Å². The molecule has 4 nitrogen and oxygen atoms in total. The summed E-state index contributed by atoms with van der Waals surface area (Å²) in [5.41, 5.74) is 4.37. The van der Waals surface area contributed by atoms with Gasteiger partial charge in [-0.15, -0.1) is 0 Å². The molecule has 21 heavy (non-hydrogen) atoms. The third-order valence-electron chi connectivity index (χ3n) is 4.39. The average molecular weight is 276 g/mol. The van der Waals surface area contributed by atoms with Crippen molar-refractivity contribution in [3.05, 3.63) is 71.2 Å². The highest BCUT2D eigenvalue weighted by molar-refractivity contribution is 5.47. The molecular weight excluding hydrogens is 260 g/mol. The van der Waals surface area contributed by atoms with Crippen LogP contribution in [0.4, 0.5) is 0 Å². The van der Waals surface area contributed by atoms with Gasteiger partial charge in [0, 0.05) is 24.4 Å². The van der Waals surface area contributed by atoms with Crippen LogP contribution in [0.25, 0.3) is 0 Å². The van der Waals surface area contributed by atoms with Gasteiger partial charge in [-0.1, -0.05) is 24.3 Å². The van der Waals surface area contributed by atoms with Gasteiger partial charge in [0.1, 0.15) is 0 Å². The first kappa shape index (κ1) is 12.2. The lowest BCUT2D eigenvalue weighted by molar-refractivity contribution is 0.294. The zero-order valence-corrected chi connectivity index (χ0v) is 11.6. The van der Waals surface area contributed by atoms with Crippen molar-refractivity contribution in [1.29, 1.82) is 5.26 Å². The van der Waals surface area contributed by atoms with Crippen LogP contribution < -0.4 is 10.6 Å². The second kappa shape index (κ2) is 4.80. The second-order valence-electron chi connectivity index (χ2n) is 5.46. The smallest absolute Gasteiger partial charge is 0.0995 e. The van der Waals surface area contributed by atoms with Crippen molar-refractivity contribution >= 4 is 0 Å². The molecule has 104 valence electrons. The van der Waals surface area contributed by atoms with Gasteiger partial charge in [-0.2, -0.15) is 5.26 Å². The summed E-state index contributed by atoms with van der Waals surface area (Å²) in [7, 11) is 0. The standard InChI is InChI=1S/C17H16N4/c18-9-12-5-1-2-6-13(12)17-14-10-19-11-20-16(14)15-7-3-4-8-21(15)17/h1-8,14,17,19-20H,10-11H2. The van der Waals surface area contributed by atoms with Crippen molar-refractivity contribution in [2.45, 2.75) is 6.04 Å². The Balaban J connectivity index is 1.84. The first-order chi connectivity index (χ1) is 10.4. The Labute approximate surface area is 124 Å². The molecular formula is C17H16N4. The predicted octanol–water partition coefficient (Wildman–Crippen LogP) is 1.98. The fourth-order valence-corrected chi connectivity index (χ4v) is 3.51. The normalized spacial score (nSPS) is 26.1. The average Bonchev–Trinajstić information content (AvgIpc) is 2.89. The number of rotatable bonds is 1. The Bertz CT molecular complexity index is 708. The zero-order chi connectivity index (χ0) is 14.2. The molecule has 0 aliphatic carbocycles. The van der Waals surface area contributed by atoms with Gasteiger partial charge in [-0.05, 0) is 23.8 Å². The summed E-state index contributed by atoms with van der Waals surface area (Å²) in [6.45, 7) is 1.72. The van der Waals surface area contributed by atoms with Gasteiger partial charge in [0.15, 0.2) is 0 Å². The van der Waals surface area contributed by atoms with E-state index in [1.54, 1.807) is 0 Å². The zero-order valence-electron chi connectivity index (χ0n) is 11.6. The molecule has 4 heteroatoms. The highest BCUT2D eigenvalue weighted by Gasteiger charge is 2.42. The maximum atomic E-state index is 9.43. The molecule has 1 aromatic carbocycles. The van der Waals surface area contributed by atoms with Crippen LogP contribution >= 0.6 is 0 Å². The van der Waals surface area contributed by atoms with E-state index in [2.05, 4.69) is 52.1 Å². The Morgan fingerprint density at radius 3 is 3.05 bits per heavy atom. The summed E-state index contributed by atoms with van der Waals surface area (Å²) in [6.07, 6.45) is 8.38. The summed E-state index contributed by atoms with van der Waals surface area (Å²) in [5, 5.41) is 16.3. The molecule has 1 aromatic rings. The third-order valence-corrected chi connectivity index (χ3v) is 4.39. The molecule has 0 radical (unpaired) electrons. The number of benzene rings is 1. The monoisotopic (exact) mass is 276 g/mol. The third kappa shape index (κ3) is 1.78. The van der Waals surface area contributed by atoms with Crippen molar-refractivity contribution in [3.8, 4) is 6.07 Å². The van der Waals surface area contributed by atoms with Gasteiger partial charge in [0.2, 0.25) is 0 Å². The Kier molecular flexibility index (Phi) is 2.80. The summed E-state index contributed by atoms with van der Waals surface area (Å²) >= 11 is 0. The van der Waals surface area contributed by atoms with Gasteiger partial charge in [-0.3, -0.25) is 5.32 Å². The van der Waals surface area contributed by atoms with Crippen LogP contribution in [0.5, 0.6) is 0 Å². The van der Waals surface area contributed by atoms with Gasteiger partial charge in [0.25, 0.3) is 0 Å². The summed E-state index contributed by atoms with van der Waals surface area (Å²) in [6, 6.07) is 10.4. The molecule has 3 aliphatic heterocycles. The van der Waals surface area contributed by atoms with Crippen LogP contribution in [0.2, 0.25) is 0 Å². The van der Waals surface area contributed by atoms with E-state index in [1.807, 2.05) is 18.2 Å². The summed E-state index contributed by atoms with van der Waals surface area (Å²) in [4.78, 5) is 2.29. The number of allylic oxidation sites excluding steroid dienone is 3. The van der Waals surface area contributed by atoms with Crippen LogP contribution in [0.1, 0.15) is 17.2 Å². The number of fused-ring (bicyclic) bond motifs is 2. The fraction of sp³-hybridized carbons (Fsp3) is 0.235. The maximum absolute atomic E-state index is 9.43. The molecule has 0 amide bonds. The molecule has 2 atom stereocenters. The number of hydrogen-bond acceptors (Lipinski definition) is 4. The first-order valence-electron chi connectivity index (χ1n) is 7.21. The minimum atomic E-state index is 0.173. The largest absolute Gasteiger partial charge is 0.374 e. The molecule has 1 fully saturated rings. The minimum absolute atomic E-state index is 0.173. The molecule has 0 spiro atoms. The van der Waals surface area contributed by atoms with Crippen LogP contribution in [0.3, 0.4) is 0 Å². The van der Waals surface area contributed by atoms with Crippen molar-refractivity contribution < 1.29 is 0 Å². The van der Waals surface area contributed by atoms with Crippen molar-refractivity contribution in [2.24, 2.45) is 5.92 Å². The van der Waals surface area contributed by atoms with E-state index in [0.29, 0.717) is 5.92 Å². The number of nitriles is 1. The van der Waals surface area contributed by atoms with E-state index in [1.165, 1.54) is 11.4 Å². The number of nitrogens with one attached hydrogen (secondary N) is 2. The summed E-state index contributed by atoms with van der Waals surface area (Å²) < 4.78 is 0. The quantitative estimate of drug-likeness (QED) is 0.823. The number of nitrogens with zero attached hydrogens (tertiary/aromatic N) is 2. The Hall–Kier alpha value is -2.51. The molecule has 0 saturated carbocycles. The molecule has 1 saturated heterocycles. The van der Waals surface area contributed by atoms with E-state index in [9.17, 15) is 5.26 Å². The molecule has 2 unspecified atom stereocenters. The van der Waals surface area contributed by atoms with Gasteiger partial charge < -0.3 is 10.2 Å². The van der Waals surface area contributed by atoms with Crippen molar-refractivity contribution in [3.63, 3.8) is 0 Å². The maximum Gasteiger partial charge on any atom is 0.0995 e. The SMILES string of the molecule is N#Cc1ccccc1C1C2CNCNC2=C2C=CC=CN21. The van der Waals surface area contributed by atoms with E-state index in [-0.39, 0.29) is 6.04 Å². The van der Waals surface area contributed by atoms with Crippen molar-refractivity contribution in [2.75, 3.05) is 13.2 Å². The molecule has 2 N–H and O–H groups in total. The molecule has 0 aromatic heterocycles. The van der Waals surface area contributed by atoms with Gasteiger partial charge >= 0.3 is 0 Å². The lowest BCUT2D eigenvalue weighted by atomic mass is 9.89. The van der Waals surface area contributed by atoms with E-state index < -0.39 is 0 Å². The molecule has 3 aliphatic rings. The summed E-state index contributed by atoms with van der Waals surface area (Å²) in [5.74, 6) is 0.343. The fourth-order valence-electron chi connectivity index (χ4n) is 3.51. The lowest BCUT2D eigenvalue weighted by Crippen LogP contribution is -2.43. The van der Waals surface area contributed by atoms with E-state index >= 15 is 0 Å². The lowest BCUT2D eigenvalue weighted by Gasteiger charge is -2.32. The first-order valence-corrected chi connectivity index (χ1v) is 7.21. The second-order valence-corrected chi connectivity index (χ2v) is 5.46. The molecule has 4 rings (SSSR count). The van der Waals surface area contributed by atoms with Crippen molar-refractivity contribution in [1.82, 2.24) is 15.5 Å². The van der Waals surface area contributed by atoms with Crippen LogP contribution in [-0.2, 0) is 0 Å². The minimum Gasteiger partial charge on any atom is -0.374 e. The predicted molar refractivity (Wildman–Crippen MR) is 80.5 cm³/mol. The molecule has 0 bridgehead atoms. The number of hydrogen-bond donors (Lipinski definition) is 2. The van der Waals surface area contributed by atoms with E-state index in [0.717, 1.165) is 24.3 Å². The molecule has 3 heterocycles. The van der Waals surface area contributed by atoms with Gasteiger partial charge in [-0.25, -0.2) is 0 Å². The van der Waals surface area contributed by atoms with Gasteiger partial charge in [0.05, 0.1) is 30.0 Å².